The fourth-order valence-corrected chi connectivity index (χ4v) is 1.81. The van der Waals surface area contributed by atoms with E-state index in [1.54, 1.807) is 0 Å². The fourth-order valence-electron chi connectivity index (χ4n) is 1.34. The predicted molar refractivity (Wildman–Crippen MR) is 56.0 cm³/mol. The van der Waals surface area contributed by atoms with Crippen molar-refractivity contribution in [1.29, 1.82) is 0 Å². The molecule has 0 atom stereocenters. The first-order valence-electron chi connectivity index (χ1n) is 4.45. The Morgan fingerprint density at radius 1 is 1.22 bits per heavy atom. The molecule has 0 amide bonds. The summed E-state index contributed by atoms with van der Waals surface area (Å²) in [4.78, 5) is 10.5. The molecule has 0 saturated carbocycles. The van der Waals surface area contributed by atoms with E-state index in [-0.39, 0.29) is 40.3 Å². The monoisotopic (exact) mass is 278 g/mol. The number of aromatic hydroxyl groups is 1. The molecule has 2 N–H and O–H groups in total. The molecule has 0 bridgehead atoms. The van der Waals surface area contributed by atoms with Gasteiger partial charge >= 0.3 is 29.6 Å². The molecule has 0 spiro atoms. The quantitative estimate of drug-likeness (QED) is 0.443. The van der Waals surface area contributed by atoms with E-state index in [1.807, 2.05) is 0 Å². The van der Waals surface area contributed by atoms with Crippen LogP contribution in [-0.2, 0) is 10.1 Å². The molecule has 0 fully saturated rings. The van der Waals surface area contributed by atoms with Crippen molar-refractivity contribution in [2.75, 3.05) is 0 Å². The van der Waals surface area contributed by atoms with E-state index in [1.165, 1.54) is 12.1 Å². The van der Waals surface area contributed by atoms with Gasteiger partial charge in [-0.1, -0.05) is 0 Å². The summed E-state index contributed by atoms with van der Waals surface area (Å²) in [5.74, 6) is -0.312. The Kier molecular flexibility index (Phi) is 4.41. The molecule has 18 heavy (non-hydrogen) atoms. The van der Waals surface area contributed by atoms with Gasteiger partial charge in [0.25, 0.3) is 5.56 Å². The number of nitrogens with zero attached hydrogens (tertiary/aromatic N) is 1. The second-order valence-corrected chi connectivity index (χ2v) is 4.64. The van der Waals surface area contributed by atoms with Crippen molar-refractivity contribution >= 4 is 10.1 Å². The minimum absolute atomic E-state index is 0. The summed E-state index contributed by atoms with van der Waals surface area (Å²) in [6.45, 7) is 0. The van der Waals surface area contributed by atoms with Crippen LogP contribution in [0.25, 0.3) is 5.69 Å². The average molecular weight is 278 g/mol. The standard InChI is InChI=1S/C9H8N2O5S.Na/c12-8-5-9(13)11(10-8)6-1-3-7(4-2-6)17(14,15)16;/h1-5,13H,(H,10,12)(H,14,15,16);/q;+1/p-1. The van der Waals surface area contributed by atoms with Gasteiger partial charge in [0, 0.05) is 0 Å². The zero-order valence-corrected chi connectivity index (χ0v) is 12.1. The molecule has 0 aliphatic heterocycles. The predicted octanol–water partition coefficient (Wildman–Crippen LogP) is -3.22. The molecule has 1 heterocycles. The van der Waals surface area contributed by atoms with Gasteiger partial charge in [-0.3, -0.25) is 9.89 Å². The number of H-pyrrole nitrogens is 1. The molecule has 0 aliphatic rings. The minimum Gasteiger partial charge on any atom is -0.744 e. The van der Waals surface area contributed by atoms with Crippen LogP contribution < -0.4 is 35.1 Å². The van der Waals surface area contributed by atoms with Crippen LogP contribution in [0, 0.1) is 0 Å². The van der Waals surface area contributed by atoms with Crippen molar-refractivity contribution in [1.82, 2.24) is 9.78 Å². The van der Waals surface area contributed by atoms with Crippen molar-refractivity contribution < 1.29 is 47.6 Å². The first-order valence-corrected chi connectivity index (χ1v) is 5.86. The summed E-state index contributed by atoms with van der Waals surface area (Å²) < 4.78 is 33.1. The Balaban J connectivity index is 0.00000162. The van der Waals surface area contributed by atoms with Gasteiger partial charge < -0.3 is 9.66 Å². The molecule has 1 aromatic carbocycles. The van der Waals surface area contributed by atoms with E-state index in [4.69, 9.17) is 0 Å². The second-order valence-electron chi connectivity index (χ2n) is 3.26. The van der Waals surface area contributed by atoms with Gasteiger partial charge in [-0.2, -0.15) is 0 Å². The molecular weight excluding hydrogens is 271 g/mol. The molecule has 7 nitrogen and oxygen atoms in total. The average Bonchev–Trinajstić information content (AvgIpc) is 2.57. The molecule has 9 heteroatoms. The summed E-state index contributed by atoms with van der Waals surface area (Å²) in [5, 5.41) is 11.7. The maximum atomic E-state index is 10.9. The van der Waals surface area contributed by atoms with Crippen LogP contribution in [0.4, 0.5) is 0 Å². The van der Waals surface area contributed by atoms with Gasteiger partial charge in [-0.25, -0.2) is 13.1 Å². The molecule has 0 unspecified atom stereocenters. The molecule has 0 aliphatic carbocycles. The summed E-state index contributed by atoms with van der Waals surface area (Å²) in [6.07, 6.45) is 0. The van der Waals surface area contributed by atoms with E-state index in [9.17, 15) is 22.9 Å². The van der Waals surface area contributed by atoms with Crippen molar-refractivity contribution in [3.63, 3.8) is 0 Å². The Morgan fingerprint density at radius 2 is 1.78 bits per heavy atom. The van der Waals surface area contributed by atoms with Crippen molar-refractivity contribution in [3.8, 4) is 11.6 Å². The Hall–Kier alpha value is -1.06. The van der Waals surface area contributed by atoms with Gasteiger partial charge in [0.2, 0.25) is 5.88 Å². The smallest absolute Gasteiger partial charge is 0.744 e. The number of aromatic nitrogens is 2. The normalized spacial score (nSPS) is 10.9. The first-order chi connectivity index (χ1) is 7.88. The Bertz CT molecular complexity index is 701. The van der Waals surface area contributed by atoms with Crippen LogP contribution in [0.15, 0.2) is 40.0 Å². The zero-order chi connectivity index (χ0) is 12.6. The SMILES string of the molecule is O=c1cc(O)n(-c2ccc(S(=O)(=O)[O-])cc2)[nH]1.[Na+]. The van der Waals surface area contributed by atoms with Crippen LogP contribution in [0.2, 0.25) is 0 Å². The Labute approximate surface area is 124 Å². The van der Waals surface area contributed by atoms with Gasteiger partial charge in [0.1, 0.15) is 10.1 Å². The van der Waals surface area contributed by atoms with Crippen molar-refractivity contribution in [2.45, 2.75) is 4.90 Å². The molecule has 0 saturated heterocycles. The van der Waals surface area contributed by atoms with Crippen LogP contribution in [-0.4, -0.2) is 27.9 Å². The Morgan fingerprint density at radius 3 is 2.17 bits per heavy atom. The largest absolute Gasteiger partial charge is 1.00 e. The number of benzene rings is 1. The third kappa shape index (κ3) is 3.03. The maximum Gasteiger partial charge on any atom is 1.00 e. The van der Waals surface area contributed by atoms with Gasteiger partial charge in [-0.15, -0.1) is 0 Å². The van der Waals surface area contributed by atoms with Crippen LogP contribution in [0.1, 0.15) is 0 Å². The molecule has 90 valence electrons. The van der Waals surface area contributed by atoms with Gasteiger partial charge in [0.15, 0.2) is 0 Å². The topological polar surface area (TPSA) is 115 Å². The third-order valence-electron chi connectivity index (χ3n) is 2.09. The number of nitrogens with one attached hydrogen (secondary N) is 1. The van der Waals surface area contributed by atoms with Crippen molar-refractivity contribution in [3.05, 3.63) is 40.7 Å². The number of rotatable bonds is 2. The summed E-state index contributed by atoms with van der Waals surface area (Å²) in [6, 6.07) is 5.74. The number of hydrogen-bond acceptors (Lipinski definition) is 5. The summed E-state index contributed by atoms with van der Waals surface area (Å²) >= 11 is 0. The van der Waals surface area contributed by atoms with E-state index >= 15 is 0 Å². The molecular formula is C9H7N2NaO5S. The number of hydrogen-bond donors (Lipinski definition) is 2. The van der Waals surface area contributed by atoms with Gasteiger partial charge in [-0.05, 0) is 24.3 Å². The number of aromatic amines is 1. The van der Waals surface area contributed by atoms with E-state index in [2.05, 4.69) is 5.10 Å². The summed E-state index contributed by atoms with van der Waals surface area (Å²) in [5.41, 5.74) is -0.167. The fraction of sp³-hybridized carbons (Fsp3) is 0. The van der Waals surface area contributed by atoms with E-state index in [0.717, 1.165) is 22.9 Å². The second kappa shape index (κ2) is 5.29. The summed E-state index contributed by atoms with van der Waals surface area (Å²) in [7, 11) is -4.50. The molecule has 2 aromatic rings. The molecule has 0 radical (unpaired) electrons. The zero-order valence-electron chi connectivity index (χ0n) is 9.32. The maximum absolute atomic E-state index is 10.9. The first kappa shape index (κ1) is 15.0. The van der Waals surface area contributed by atoms with Crippen LogP contribution >= 0.6 is 0 Å². The van der Waals surface area contributed by atoms with Gasteiger partial charge in [0.05, 0.1) is 16.6 Å². The third-order valence-corrected chi connectivity index (χ3v) is 2.94. The minimum atomic E-state index is -4.50. The molecule has 1 aromatic heterocycles. The van der Waals surface area contributed by atoms with E-state index in [0.29, 0.717) is 5.69 Å². The van der Waals surface area contributed by atoms with E-state index < -0.39 is 15.7 Å². The van der Waals surface area contributed by atoms with Crippen molar-refractivity contribution in [2.24, 2.45) is 0 Å². The van der Waals surface area contributed by atoms with Crippen LogP contribution in [0.5, 0.6) is 5.88 Å². The molecule has 2 rings (SSSR count). The van der Waals surface area contributed by atoms with Crippen LogP contribution in [0.3, 0.4) is 0 Å².